The first-order valence-corrected chi connectivity index (χ1v) is 9.93. The predicted molar refractivity (Wildman–Crippen MR) is 112 cm³/mol. The third-order valence-electron chi connectivity index (χ3n) is 5.38. The Hall–Kier alpha value is -3.17. The van der Waals surface area contributed by atoms with Gasteiger partial charge < -0.3 is 25.4 Å². The lowest BCUT2D eigenvalue weighted by molar-refractivity contribution is -0.383. The third-order valence-corrected chi connectivity index (χ3v) is 5.38. The molecule has 4 rings (SSSR count). The number of nitrogens with two attached hydrogens (primary N) is 1. The molecule has 9 nitrogen and oxygen atoms in total. The molecule has 0 bridgehead atoms. The van der Waals surface area contributed by atoms with Gasteiger partial charge in [0, 0.05) is 42.7 Å². The van der Waals surface area contributed by atoms with Gasteiger partial charge in [-0.15, -0.1) is 0 Å². The van der Waals surface area contributed by atoms with Crippen molar-refractivity contribution >= 4 is 28.7 Å². The number of nitrogens with zero attached hydrogens (tertiary/aromatic N) is 2. The van der Waals surface area contributed by atoms with E-state index in [1.54, 1.807) is 0 Å². The Balaban J connectivity index is 1.35. The van der Waals surface area contributed by atoms with Crippen molar-refractivity contribution in [1.29, 1.82) is 0 Å². The summed E-state index contributed by atoms with van der Waals surface area (Å²) in [7, 11) is 0. The van der Waals surface area contributed by atoms with Crippen molar-refractivity contribution in [2.75, 3.05) is 36.5 Å². The van der Waals surface area contributed by atoms with Gasteiger partial charge in [0.2, 0.25) is 5.91 Å². The van der Waals surface area contributed by atoms with E-state index in [4.69, 9.17) is 15.2 Å². The minimum absolute atomic E-state index is 0.127. The molecule has 2 fully saturated rings. The summed E-state index contributed by atoms with van der Waals surface area (Å²) in [6.45, 7) is 3.14. The van der Waals surface area contributed by atoms with Crippen LogP contribution in [0.5, 0.6) is 0 Å². The number of nitro groups is 1. The summed E-state index contributed by atoms with van der Waals surface area (Å²) in [5.41, 5.74) is 7.31. The third kappa shape index (κ3) is 4.52. The minimum atomic E-state index is -0.641. The monoisotopic (exact) mass is 412 g/mol. The summed E-state index contributed by atoms with van der Waals surface area (Å²) in [6.07, 6.45) is 2.64. The van der Waals surface area contributed by atoms with Gasteiger partial charge in [-0.05, 0) is 49.2 Å². The zero-order chi connectivity index (χ0) is 21.1. The summed E-state index contributed by atoms with van der Waals surface area (Å²) in [4.78, 5) is 24.4. The lowest BCUT2D eigenvalue weighted by Crippen LogP contribution is -2.53. The SMILES string of the molecule is NC(=O)c1ccc([N+](=O)[O-])c(Nc2ccc(N3CC(OCC4CCCO4)C3)cc2)c1. The Bertz CT molecular complexity index is 921. The van der Waals surface area contributed by atoms with Gasteiger partial charge in [0.05, 0.1) is 23.7 Å². The van der Waals surface area contributed by atoms with Gasteiger partial charge in [-0.1, -0.05) is 0 Å². The van der Waals surface area contributed by atoms with Crippen molar-refractivity contribution in [3.05, 3.63) is 58.1 Å². The standard InChI is InChI=1S/C21H24N4O5/c22-21(26)14-3-8-20(25(27)28)19(10-14)23-15-4-6-16(7-5-15)24-11-18(12-24)30-13-17-2-1-9-29-17/h3-8,10,17-18,23H,1-2,9,11-13H2,(H2,22,26). The maximum absolute atomic E-state index is 11.4. The number of hydrogen-bond acceptors (Lipinski definition) is 7. The molecule has 0 aliphatic carbocycles. The molecular formula is C21H24N4O5. The second kappa shape index (κ2) is 8.68. The molecule has 0 radical (unpaired) electrons. The largest absolute Gasteiger partial charge is 0.376 e. The summed E-state index contributed by atoms with van der Waals surface area (Å²) in [5.74, 6) is -0.641. The van der Waals surface area contributed by atoms with Crippen LogP contribution < -0.4 is 16.0 Å². The van der Waals surface area contributed by atoms with Crippen molar-refractivity contribution in [2.45, 2.75) is 25.0 Å². The van der Waals surface area contributed by atoms with E-state index < -0.39 is 10.8 Å². The van der Waals surface area contributed by atoms with Crippen molar-refractivity contribution < 1.29 is 19.2 Å². The van der Waals surface area contributed by atoms with E-state index >= 15 is 0 Å². The maximum atomic E-state index is 11.4. The van der Waals surface area contributed by atoms with E-state index in [9.17, 15) is 14.9 Å². The van der Waals surface area contributed by atoms with Crippen LogP contribution in [-0.4, -0.2) is 49.3 Å². The fraction of sp³-hybridized carbons (Fsp3) is 0.381. The molecule has 3 N–H and O–H groups in total. The molecule has 30 heavy (non-hydrogen) atoms. The van der Waals surface area contributed by atoms with Crippen LogP contribution in [0.25, 0.3) is 0 Å². The summed E-state index contributed by atoms with van der Waals surface area (Å²) in [5, 5.41) is 14.3. The van der Waals surface area contributed by atoms with E-state index in [0.717, 1.165) is 38.2 Å². The van der Waals surface area contributed by atoms with Gasteiger partial charge in [-0.25, -0.2) is 0 Å². The van der Waals surface area contributed by atoms with Crippen LogP contribution in [0.3, 0.4) is 0 Å². The molecule has 2 aromatic carbocycles. The number of carbonyl (C=O) groups excluding carboxylic acids is 1. The van der Waals surface area contributed by atoms with Crippen LogP contribution in [0, 0.1) is 10.1 Å². The van der Waals surface area contributed by atoms with Gasteiger partial charge in [0.1, 0.15) is 5.69 Å². The Morgan fingerprint density at radius 3 is 2.67 bits per heavy atom. The van der Waals surface area contributed by atoms with Crippen LogP contribution in [0.4, 0.5) is 22.7 Å². The summed E-state index contributed by atoms with van der Waals surface area (Å²) < 4.78 is 11.5. The quantitative estimate of drug-likeness (QED) is 0.505. The molecule has 0 saturated carbocycles. The number of rotatable bonds is 8. The van der Waals surface area contributed by atoms with E-state index in [1.165, 1.54) is 18.2 Å². The smallest absolute Gasteiger partial charge is 0.292 e. The van der Waals surface area contributed by atoms with Gasteiger partial charge in [0.25, 0.3) is 5.69 Å². The highest BCUT2D eigenvalue weighted by Gasteiger charge is 2.29. The number of benzene rings is 2. The van der Waals surface area contributed by atoms with Gasteiger partial charge in [-0.3, -0.25) is 14.9 Å². The van der Waals surface area contributed by atoms with Crippen molar-refractivity contribution in [3.8, 4) is 0 Å². The Morgan fingerprint density at radius 1 is 1.27 bits per heavy atom. The molecule has 0 spiro atoms. The molecule has 2 aromatic rings. The predicted octanol–water partition coefficient (Wildman–Crippen LogP) is 2.82. The van der Waals surface area contributed by atoms with Crippen molar-refractivity contribution in [1.82, 2.24) is 0 Å². The number of nitrogens with one attached hydrogen (secondary N) is 1. The minimum Gasteiger partial charge on any atom is -0.376 e. The molecule has 158 valence electrons. The summed E-state index contributed by atoms with van der Waals surface area (Å²) in [6, 6.07) is 11.6. The first kappa shape index (κ1) is 20.1. The van der Waals surface area contributed by atoms with E-state index in [2.05, 4.69) is 10.2 Å². The highest BCUT2D eigenvalue weighted by molar-refractivity contribution is 5.95. The molecule has 9 heteroatoms. The van der Waals surface area contributed by atoms with Crippen LogP contribution in [0.2, 0.25) is 0 Å². The summed E-state index contributed by atoms with van der Waals surface area (Å²) >= 11 is 0. The van der Waals surface area contributed by atoms with Gasteiger partial charge in [-0.2, -0.15) is 0 Å². The highest BCUT2D eigenvalue weighted by Crippen LogP contribution is 2.30. The molecule has 2 aliphatic heterocycles. The van der Waals surface area contributed by atoms with Crippen LogP contribution in [-0.2, 0) is 9.47 Å². The Morgan fingerprint density at radius 2 is 2.03 bits per heavy atom. The first-order valence-electron chi connectivity index (χ1n) is 9.93. The molecule has 1 amide bonds. The van der Waals surface area contributed by atoms with E-state index in [0.29, 0.717) is 12.3 Å². The molecule has 1 atom stereocenters. The zero-order valence-electron chi connectivity index (χ0n) is 16.5. The van der Waals surface area contributed by atoms with Gasteiger partial charge in [0.15, 0.2) is 0 Å². The second-order valence-corrected chi connectivity index (χ2v) is 7.52. The van der Waals surface area contributed by atoms with Crippen LogP contribution in [0.15, 0.2) is 42.5 Å². The maximum Gasteiger partial charge on any atom is 0.292 e. The first-order chi connectivity index (χ1) is 14.5. The molecule has 0 aromatic heterocycles. The van der Waals surface area contributed by atoms with E-state index in [-0.39, 0.29) is 29.1 Å². The normalized spacial score (nSPS) is 18.8. The lowest BCUT2D eigenvalue weighted by Gasteiger charge is -2.41. The number of anilines is 3. The molecule has 2 aliphatic rings. The van der Waals surface area contributed by atoms with Crippen molar-refractivity contribution in [3.63, 3.8) is 0 Å². The lowest BCUT2D eigenvalue weighted by atomic mass is 10.1. The molecule has 2 heterocycles. The highest BCUT2D eigenvalue weighted by atomic mass is 16.6. The molecule has 2 saturated heterocycles. The fourth-order valence-corrected chi connectivity index (χ4v) is 3.63. The number of primary amides is 1. The average Bonchev–Trinajstić information content (AvgIpc) is 3.21. The topological polar surface area (TPSA) is 120 Å². The van der Waals surface area contributed by atoms with Crippen LogP contribution in [0.1, 0.15) is 23.2 Å². The number of amides is 1. The Labute approximate surface area is 173 Å². The molecular weight excluding hydrogens is 388 g/mol. The van der Waals surface area contributed by atoms with Gasteiger partial charge >= 0.3 is 0 Å². The number of hydrogen-bond donors (Lipinski definition) is 2. The molecule has 1 unspecified atom stereocenters. The van der Waals surface area contributed by atoms with Crippen LogP contribution >= 0.6 is 0 Å². The number of ether oxygens (including phenoxy) is 2. The van der Waals surface area contributed by atoms with Crippen molar-refractivity contribution in [2.24, 2.45) is 5.73 Å². The number of nitro benzene ring substituents is 1. The fourth-order valence-electron chi connectivity index (χ4n) is 3.63. The number of carbonyl (C=O) groups is 1. The second-order valence-electron chi connectivity index (χ2n) is 7.52. The Kier molecular flexibility index (Phi) is 5.82. The van der Waals surface area contributed by atoms with E-state index in [1.807, 2.05) is 24.3 Å². The zero-order valence-corrected chi connectivity index (χ0v) is 16.5. The average molecular weight is 412 g/mol.